The molecular formula is C33H54O10. The van der Waals surface area contributed by atoms with Crippen LogP contribution < -0.4 is 0 Å². The summed E-state index contributed by atoms with van der Waals surface area (Å²) in [4.78, 5) is 0. The first-order valence-corrected chi connectivity index (χ1v) is 17.0. The Morgan fingerprint density at radius 3 is 2.30 bits per heavy atom. The second-order valence-corrected chi connectivity index (χ2v) is 16.2. The minimum Gasteiger partial charge on any atom is -0.394 e. The van der Waals surface area contributed by atoms with Crippen molar-refractivity contribution in [1.82, 2.24) is 0 Å². The summed E-state index contributed by atoms with van der Waals surface area (Å²) in [5.41, 5.74) is -0.140. The van der Waals surface area contributed by atoms with Crippen LogP contribution in [-0.2, 0) is 18.9 Å². The van der Waals surface area contributed by atoms with E-state index in [1.165, 1.54) is 0 Å². The molecule has 3 saturated heterocycles. The van der Waals surface area contributed by atoms with Gasteiger partial charge in [-0.2, -0.15) is 0 Å². The Morgan fingerprint density at radius 2 is 1.60 bits per heavy atom. The normalized spacial score (nSPS) is 61.5. The molecule has 0 bridgehead atoms. The van der Waals surface area contributed by atoms with E-state index in [9.17, 15) is 30.6 Å². The number of aliphatic hydroxyl groups excluding tert-OH is 6. The van der Waals surface area contributed by atoms with Gasteiger partial charge in [-0.15, -0.1) is 0 Å². The van der Waals surface area contributed by atoms with Crippen molar-refractivity contribution in [2.24, 2.45) is 52.3 Å². The zero-order valence-corrected chi connectivity index (χ0v) is 26.1. The maximum absolute atomic E-state index is 12.0. The van der Waals surface area contributed by atoms with Gasteiger partial charge in [0, 0.05) is 18.3 Å². The van der Waals surface area contributed by atoms with E-state index in [2.05, 4.69) is 27.7 Å². The molecule has 19 atom stereocenters. The molecule has 0 aromatic heterocycles. The highest BCUT2D eigenvalue weighted by molar-refractivity contribution is 5.18. The number of aliphatic hydroxyl groups is 6. The third-order valence-corrected chi connectivity index (χ3v) is 14.1. The number of fused-ring (bicyclic) bond motifs is 7. The highest BCUT2D eigenvalue weighted by Crippen LogP contribution is 2.71. The van der Waals surface area contributed by atoms with Crippen molar-refractivity contribution in [1.29, 1.82) is 0 Å². The van der Waals surface area contributed by atoms with Gasteiger partial charge < -0.3 is 49.6 Å². The second-order valence-electron chi connectivity index (χ2n) is 16.2. The first-order chi connectivity index (χ1) is 20.3. The summed E-state index contributed by atoms with van der Waals surface area (Å²) in [7, 11) is 0. The Labute approximate surface area is 255 Å². The van der Waals surface area contributed by atoms with Crippen molar-refractivity contribution in [3.8, 4) is 0 Å². The van der Waals surface area contributed by atoms with E-state index in [-0.39, 0.29) is 34.7 Å². The third kappa shape index (κ3) is 4.49. The van der Waals surface area contributed by atoms with E-state index in [1.54, 1.807) is 0 Å². The predicted molar refractivity (Wildman–Crippen MR) is 153 cm³/mol. The van der Waals surface area contributed by atoms with E-state index in [1.807, 2.05) is 0 Å². The monoisotopic (exact) mass is 610 g/mol. The molecule has 0 unspecified atom stereocenters. The molecule has 43 heavy (non-hydrogen) atoms. The average Bonchev–Trinajstić information content (AvgIpc) is 3.38. The number of ether oxygens (including phenoxy) is 4. The quantitative estimate of drug-likeness (QED) is 0.259. The van der Waals surface area contributed by atoms with Crippen molar-refractivity contribution in [3.05, 3.63) is 0 Å². The molecule has 7 rings (SSSR count). The summed E-state index contributed by atoms with van der Waals surface area (Å²) in [6.45, 7) is 9.43. The van der Waals surface area contributed by atoms with Crippen LogP contribution in [0.3, 0.4) is 0 Å². The average molecular weight is 611 g/mol. The molecule has 6 N–H and O–H groups in total. The van der Waals surface area contributed by atoms with Gasteiger partial charge in [-0.1, -0.05) is 27.7 Å². The van der Waals surface area contributed by atoms with Gasteiger partial charge in [0.05, 0.1) is 37.6 Å². The summed E-state index contributed by atoms with van der Waals surface area (Å²) in [6.07, 6.45) is -1.65. The molecular weight excluding hydrogens is 556 g/mol. The molecule has 7 fully saturated rings. The maximum atomic E-state index is 12.0. The summed E-state index contributed by atoms with van der Waals surface area (Å²) >= 11 is 0. The summed E-state index contributed by atoms with van der Waals surface area (Å²) in [5, 5.41) is 63.9. The fourth-order valence-electron chi connectivity index (χ4n) is 11.8. The Hall–Kier alpha value is -0.400. The first-order valence-electron chi connectivity index (χ1n) is 17.0. The van der Waals surface area contributed by atoms with Crippen LogP contribution >= 0.6 is 0 Å². The zero-order valence-electron chi connectivity index (χ0n) is 26.1. The van der Waals surface area contributed by atoms with Gasteiger partial charge >= 0.3 is 0 Å². The van der Waals surface area contributed by atoms with E-state index in [4.69, 9.17) is 18.9 Å². The minimum absolute atomic E-state index is 0.0220. The summed E-state index contributed by atoms with van der Waals surface area (Å²) in [6, 6.07) is 0. The number of hydrogen-bond donors (Lipinski definition) is 6. The fraction of sp³-hybridized carbons (Fsp3) is 1.00. The molecule has 0 radical (unpaired) electrons. The van der Waals surface area contributed by atoms with Crippen molar-refractivity contribution in [2.75, 3.05) is 13.2 Å². The van der Waals surface area contributed by atoms with Gasteiger partial charge in [0.15, 0.2) is 12.1 Å². The third-order valence-electron chi connectivity index (χ3n) is 14.1. The molecule has 246 valence electrons. The van der Waals surface area contributed by atoms with E-state index >= 15 is 0 Å². The van der Waals surface area contributed by atoms with Crippen molar-refractivity contribution < 1.29 is 49.6 Å². The molecule has 10 heteroatoms. The zero-order chi connectivity index (χ0) is 30.6. The molecule has 10 nitrogen and oxygen atoms in total. The van der Waals surface area contributed by atoms with E-state index in [0.29, 0.717) is 43.1 Å². The number of rotatable bonds is 3. The largest absolute Gasteiger partial charge is 0.394 e. The Morgan fingerprint density at radius 1 is 0.837 bits per heavy atom. The lowest BCUT2D eigenvalue weighted by atomic mass is 9.44. The van der Waals surface area contributed by atoms with Gasteiger partial charge in [-0.25, -0.2) is 0 Å². The Bertz CT molecular complexity index is 1030. The van der Waals surface area contributed by atoms with Crippen molar-refractivity contribution >= 4 is 0 Å². The van der Waals surface area contributed by atoms with Crippen LogP contribution in [0.1, 0.15) is 79.1 Å². The van der Waals surface area contributed by atoms with Crippen LogP contribution in [0.5, 0.6) is 0 Å². The molecule has 4 saturated carbocycles. The molecule has 3 heterocycles. The topological polar surface area (TPSA) is 158 Å². The molecule has 1 spiro atoms. The molecule has 0 aromatic rings. The standard InChI is InChI=1S/C33H54O10/c1-15-7-10-33(40-14-15)16(2)23-29(43-33)26(37)24-18-6-5-17-11-21(41-30-28(39)27(38)25(36)22(13-34)42-30)20(35)12-32(17,4)19(18)8-9-31(23,24)3/h15-30,34-39H,5-14H2,1-4H3/t15-,16+,17-,18+,19-,20+,21+,22+,23-,24+,25+,26-,27+,28+,29+,30+,31+,32-,33-/m1/s1. The minimum atomic E-state index is -1.51. The van der Waals surface area contributed by atoms with Crippen LogP contribution in [0.2, 0.25) is 0 Å². The van der Waals surface area contributed by atoms with Gasteiger partial charge in [-0.05, 0) is 85.4 Å². The Kier molecular flexibility index (Phi) is 7.86. The van der Waals surface area contributed by atoms with Crippen molar-refractivity contribution in [2.45, 2.75) is 140 Å². The molecule has 0 amide bonds. The highest BCUT2D eigenvalue weighted by atomic mass is 16.7. The van der Waals surface area contributed by atoms with E-state index in [0.717, 1.165) is 38.5 Å². The van der Waals surface area contributed by atoms with Gasteiger partial charge in [0.25, 0.3) is 0 Å². The highest BCUT2D eigenvalue weighted by Gasteiger charge is 2.72. The molecule has 4 aliphatic carbocycles. The van der Waals surface area contributed by atoms with Crippen LogP contribution in [0.4, 0.5) is 0 Å². The van der Waals surface area contributed by atoms with E-state index < -0.39 is 61.4 Å². The lowest BCUT2D eigenvalue weighted by Gasteiger charge is -2.62. The van der Waals surface area contributed by atoms with Crippen molar-refractivity contribution in [3.63, 3.8) is 0 Å². The summed E-state index contributed by atoms with van der Waals surface area (Å²) in [5.74, 6) is 1.64. The van der Waals surface area contributed by atoms with Crippen LogP contribution in [-0.4, -0.2) is 105 Å². The van der Waals surface area contributed by atoms with Crippen LogP contribution in [0.15, 0.2) is 0 Å². The van der Waals surface area contributed by atoms with Crippen LogP contribution in [0.25, 0.3) is 0 Å². The fourth-order valence-corrected chi connectivity index (χ4v) is 11.8. The molecule has 0 aromatic carbocycles. The summed E-state index contributed by atoms with van der Waals surface area (Å²) < 4.78 is 24.9. The lowest BCUT2D eigenvalue weighted by molar-refractivity contribution is -0.324. The SMILES string of the molecule is C[C@@H]1CC[C@@]2(OC1)O[C@@H]1[C@H](O)[C@@H]3[C@H]4CC[C@@H]5C[C@H](O[C@H]6O[C@@H](CO)[C@H](O)[C@H](O)[C@@H]6O)[C@@H](O)C[C@@]5(C)[C@@H]4CC[C@@]3(C)[C@@H]1[C@@H]2C. The van der Waals surface area contributed by atoms with Gasteiger partial charge in [0.2, 0.25) is 0 Å². The predicted octanol–water partition coefficient (Wildman–Crippen LogP) is 1.56. The van der Waals surface area contributed by atoms with Crippen LogP contribution in [0, 0.1) is 52.3 Å². The lowest BCUT2D eigenvalue weighted by Crippen LogP contribution is -2.62. The van der Waals surface area contributed by atoms with Gasteiger partial charge in [0.1, 0.15) is 24.4 Å². The molecule has 7 aliphatic rings. The maximum Gasteiger partial charge on any atom is 0.187 e. The second kappa shape index (κ2) is 10.8. The number of hydrogen-bond acceptors (Lipinski definition) is 10. The van der Waals surface area contributed by atoms with Gasteiger partial charge in [-0.3, -0.25) is 0 Å². The smallest absolute Gasteiger partial charge is 0.187 e. The first kappa shape index (κ1) is 31.2. The molecule has 3 aliphatic heterocycles. The Balaban J connectivity index is 1.07.